The highest BCUT2D eigenvalue weighted by atomic mass is 16.6. The van der Waals surface area contributed by atoms with Crippen LogP contribution in [-0.4, -0.2) is 48.5 Å². The van der Waals surface area contributed by atoms with Crippen LogP contribution in [0.25, 0.3) is 0 Å². The molecule has 0 unspecified atom stereocenters. The summed E-state index contributed by atoms with van der Waals surface area (Å²) in [7, 11) is 0. The quantitative estimate of drug-likeness (QED) is 0.266. The number of nitro groups is 1. The van der Waals surface area contributed by atoms with E-state index in [-0.39, 0.29) is 12.4 Å². The first kappa shape index (κ1) is 8.92. The van der Waals surface area contributed by atoms with Gasteiger partial charge in [0.05, 0.1) is 13.2 Å². The van der Waals surface area contributed by atoms with E-state index in [9.17, 15) is 10.1 Å². The molecule has 1 fully saturated rings. The molecule has 0 radical (unpaired) electrons. The lowest BCUT2D eigenvalue weighted by Crippen LogP contribution is -2.42. The van der Waals surface area contributed by atoms with Gasteiger partial charge in [-0.1, -0.05) is 0 Å². The molecule has 0 amide bonds. The molecule has 0 aromatic heterocycles. The van der Waals surface area contributed by atoms with E-state index in [1.807, 2.05) is 0 Å². The maximum Gasteiger partial charge on any atom is 0.259 e. The van der Waals surface area contributed by atoms with Gasteiger partial charge in [-0.3, -0.25) is 15.5 Å². The van der Waals surface area contributed by atoms with Crippen molar-refractivity contribution >= 4 is 5.84 Å². The average Bonchev–Trinajstić information content (AvgIpc) is 2.05. The highest BCUT2D eigenvalue weighted by Gasteiger charge is 2.16. The molecular formula is C6H11N3O3. The van der Waals surface area contributed by atoms with Gasteiger partial charge in [0, 0.05) is 18.0 Å². The first-order valence-electron chi connectivity index (χ1n) is 3.72. The molecular weight excluding hydrogens is 162 g/mol. The standard InChI is InChI=1S/C6H11N3O3/c7-6(5-9(10)11)8-1-3-12-4-2-8/h7H,1-5H2. The van der Waals surface area contributed by atoms with Gasteiger partial charge < -0.3 is 9.64 Å². The second kappa shape index (κ2) is 4.01. The van der Waals surface area contributed by atoms with Crippen molar-refractivity contribution in [3.05, 3.63) is 10.1 Å². The summed E-state index contributed by atoms with van der Waals surface area (Å²) in [6.45, 7) is 1.90. The number of nitrogens with one attached hydrogen (secondary N) is 1. The third-order valence-electron chi connectivity index (χ3n) is 1.67. The number of morpholine rings is 1. The lowest BCUT2D eigenvalue weighted by molar-refractivity contribution is -0.464. The summed E-state index contributed by atoms with van der Waals surface area (Å²) in [4.78, 5) is 11.2. The minimum atomic E-state index is -0.488. The van der Waals surface area contributed by atoms with Crippen LogP contribution in [0, 0.1) is 15.5 Å². The first-order chi connectivity index (χ1) is 5.70. The SMILES string of the molecule is N=C(C[N+](=O)[O-])N1CCOCC1. The normalized spacial score (nSPS) is 17.5. The molecule has 0 aromatic rings. The fourth-order valence-corrected chi connectivity index (χ4v) is 1.06. The van der Waals surface area contributed by atoms with Gasteiger partial charge in [-0.05, 0) is 0 Å². The van der Waals surface area contributed by atoms with Gasteiger partial charge in [-0.15, -0.1) is 0 Å². The number of amidine groups is 1. The van der Waals surface area contributed by atoms with Crippen molar-refractivity contribution in [1.82, 2.24) is 4.90 Å². The number of nitrogens with zero attached hydrogens (tertiary/aromatic N) is 2. The summed E-state index contributed by atoms with van der Waals surface area (Å²) < 4.78 is 5.05. The Morgan fingerprint density at radius 3 is 2.67 bits per heavy atom. The van der Waals surface area contributed by atoms with Crippen LogP contribution < -0.4 is 0 Å². The van der Waals surface area contributed by atoms with Gasteiger partial charge in [0.2, 0.25) is 0 Å². The smallest absolute Gasteiger partial charge is 0.259 e. The van der Waals surface area contributed by atoms with Gasteiger partial charge in [0.1, 0.15) is 0 Å². The van der Waals surface area contributed by atoms with Gasteiger partial charge in [0.15, 0.2) is 5.84 Å². The highest BCUT2D eigenvalue weighted by molar-refractivity contribution is 5.80. The molecule has 1 aliphatic rings. The van der Waals surface area contributed by atoms with Crippen LogP contribution in [0.1, 0.15) is 0 Å². The van der Waals surface area contributed by atoms with Crippen molar-refractivity contribution < 1.29 is 9.66 Å². The van der Waals surface area contributed by atoms with E-state index in [0.717, 1.165) is 0 Å². The topological polar surface area (TPSA) is 79.5 Å². The molecule has 1 rings (SSSR count). The van der Waals surface area contributed by atoms with Crippen molar-refractivity contribution in [3.63, 3.8) is 0 Å². The van der Waals surface area contributed by atoms with E-state index in [0.29, 0.717) is 26.3 Å². The van der Waals surface area contributed by atoms with Crippen LogP contribution in [-0.2, 0) is 4.74 Å². The molecule has 1 N–H and O–H groups in total. The number of hydrogen-bond acceptors (Lipinski definition) is 4. The predicted molar refractivity (Wildman–Crippen MR) is 42.0 cm³/mol. The Kier molecular flexibility index (Phi) is 2.98. The average molecular weight is 173 g/mol. The summed E-state index contributed by atoms with van der Waals surface area (Å²) in [6, 6.07) is 0. The van der Waals surface area contributed by atoms with Crippen molar-refractivity contribution in [2.24, 2.45) is 0 Å². The van der Waals surface area contributed by atoms with E-state index >= 15 is 0 Å². The zero-order valence-corrected chi connectivity index (χ0v) is 6.65. The molecule has 0 bridgehead atoms. The van der Waals surface area contributed by atoms with Crippen LogP contribution in [0.4, 0.5) is 0 Å². The monoisotopic (exact) mass is 173 g/mol. The van der Waals surface area contributed by atoms with E-state index in [4.69, 9.17) is 10.1 Å². The summed E-state index contributed by atoms with van der Waals surface area (Å²) >= 11 is 0. The molecule has 6 nitrogen and oxygen atoms in total. The van der Waals surface area contributed by atoms with Crippen LogP contribution >= 0.6 is 0 Å². The summed E-state index contributed by atoms with van der Waals surface area (Å²) in [5.41, 5.74) is 0. The Balaban J connectivity index is 2.34. The Morgan fingerprint density at radius 2 is 2.17 bits per heavy atom. The van der Waals surface area contributed by atoms with Crippen LogP contribution in [0.15, 0.2) is 0 Å². The largest absolute Gasteiger partial charge is 0.378 e. The zero-order chi connectivity index (χ0) is 8.97. The summed E-state index contributed by atoms with van der Waals surface area (Å²) in [5.74, 6) is 0.0725. The lowest BCUT2D eigenvalue weighted by atomic mass is 10.4. The van der Waals surface area contributed by atoms with E-state index < -0.39 is 4.92 Å². The third kappa shape index (κ3) is 2.46. The molecule has 68 valence electrons. The molecule has 0 aromatic carbocycles. The Hall–Kier alpha value is -1.17. The minimum absolute atomic E-state index is 0.0725. The van der Waals surface area contributed by atoms with E-state index in [1.54, 1.807) is 4.90 Å². The van der Waals surface area contributed by atoms with Gasteiger partial charge in [-0.2, -0.15) is 0 Å². The van der Waals surface area contributed by atoms with Crippen LogP contribution in [0.2, 0.25) is 0 Å². The van der Waals surface area contributed by atoms with Gasteiger partial charge >= 0.3 is 0 Å². The fourth-order valence-electron chi connectivity index (χ4n) is 1.06. The number of ether oxygens (including phenoxy) is 1. The number of rotatable bonds is 2. The van der Waals surface area contributed by atoms with Crippen molar-refractivity contribution in [2.45, 2.75) is 0 Å². The molecule has 0 aliphatic carbocycles. The minimum Gasteiger partial charge on any atom is -0.378 e. The third-order valence-corrected chi connectivity index (χ3v) is 1.67. The molecule has 1 heterocycles. The summed E-state index contributed by atoms with van der Waals surface area (Å²) in [5, 5.41) is 17.4. The molecule has 1 saturated heterocycles. The van der Waals surface area contributed by atoms with Crippen molar-refractivity contribution in [3.8, 4) is 0 Å². The molecule has 6 heteroatoms. The van der Waals surface area contributed by atoms with Crippen LogP contribution in [0.3, 0.4) is 0 Å². The van der Waals surface area contributed by atoms with E-state index in [2.05, 4.69) is 0 Å². The fraction of sp³-hybridized carbons (Fsp3) is 0.833. The predicted octanol–water partition coefficient (Wildman–Crippen LogP) is -0.427. The van der Waals surface area contributed by atoms with Crippen LogP contribution in [0.5, 0.6) is 0 Å². The first-order valence-corrected chi connectivity index (χ1v) is 3.72. The Labute approximate surface area is 69.8 Å². The zero-order valence-electron chi connectivity index (χ0n) is 6.65. The molecule has 0 spiro atoms. The van der Waals surface area contributed by atoms with E-state index in [1.165, 1.54) is 0 Å². The highest BCUT2D eigenvalue weighted by Crippen LogP contribution is 1.97. The Bertz CT molecular complexity index is 188. The maximum absolute atomic E-state index is 10.1. The second-order valence-corrected chi connectivity index (χ2v) is 2.54. The number of hydrogen-bond donors (Lipinski definition) is 1. The maximum atomic E-state index is 10.1. The second-order valence-electron chi connectivity index (χ2n) is 2.54. The van der Waals surface area contributed by atoms with Crippen molar-refractivity contribution in [1.29, 1.82) is 5.41 Å². The van der Waals surface area contributed by atoms with Crippen molar-refractivity contribution in [2.75, 3.05) is 32.8 Å². The Morgan fingerprint density at radius 1 is 1.58 bits per heavy atom. The summed E-state index contributed by atoms with van der Waals surface area (Å²) in [6.07, 6.45) is 0. The van der Waals surface area contributed by atoms with Gasteiger partial charge in [0.25, 0.3) is 6.54 Å². The molecule has 0 saturated carbocycles. The molecule has 0 atom stereocenters. The molecule has 1 aliphatic heterocycles. The molecule has 12 heavy (non-hydrogen) atoms. The van der Waals surface area contributed by atoms with Gasteiger partial charge in [-0.25, -0.2) is 0 Å². The lowest BCUT2D eigenvalue weighted by Gasteiger charge is -2.27.